The van der Waals surface area contributed by atoms with E-state index in [4.69, 9.17) is 0 Å². The van der Waals surface area contributed by atoms with Gasteiger partial charge in [-0.15, -0.1) is 0 Å². The third-order valence-corrected chi connectivity index (χ3v) is 3.86. The maximum Gasteiger partial charge on any atom is 0.0242 e. The Morgan fingerprint density at radius 1 is 0.875 bits per heavy atom. The number of nitrogens with zero attached hydrogens (tertiary/aromatic N) is 1. The minimum Gasteiger partial charge on any atom is -0.312 e. The molecule has 2 nitrogen and oxygen atoms in total. The lowest BCUT2D eigenvalue weighted by Crippen LogP contribution is -2.45. The molecule has 0 saturated carbocycles. The topological polar surface area (TPSA) is 15.3 Å². The van der Waals surface area contributed by atoms with Gasteiger partial charge in [-0.05, 0) is 32.9 Å². The lowest BCUT2D eigenvalue weighted by molar-refractivity contribution is 0.188. The van der Waals surface area contributed by atoms with Crippen molar-refractivity contribution >= 4 is 0 Å². The summed E-state index contributed by atoms with van der Waals surface area (Å²) < 4.78 is 0. The summed E-state index contributed by atoms with van der Waals surface area (Å²) in [5, 5.41) is 3.71. The summed E-state index contributed by atoms with van der Waals surface area (Å²) >= 11 is 0. The van der Waals surface area contributed by atoms with Crippen LogP contribution in [0.3, 0.4) is 0 Å². The SMILES string of the molecule is CCC(CC)NCC(C(CC)CC)N(C)C. The van der Waals surface area contributed by atoms with Crippen LogP contribution in [0.1, 0.15) is 53.4 Å². The average Bonchev–Trinajstić information content (AvgIpc) is 2.28. The molecule has 0 aliphatic carbocycles. The van der Waals surface area contributed by atoms with Gasteiger partial charge in [0.25, 0.3) is 0 Å². The smallest absolute Gasteiger partial charge is 0.0242 e. The molecule has 1 atom stereocenters. The fourth-order valence-electron chi connectivity index (χ4n) is 2.47. The first-order chi connectivity index (χ1) is 7.60. The molecule has 0 aromatic carbocycles. The zero-order valence-corrected chi connectivity index (χ0v) is 12.2. The van der Waals surface area contributed by atoms with Gasteiger partial charge in [-0.2, -0.15) is 0 Å². The van der Waals surface area contributed by atoms with Gasteiger partial charge >= 0.3 is 0 Å². The fourth-order valence-corrected chi connectivity index (χ4v) is 2.47. The summed E-state index contributed by atoms with van der Waals surface area (Å²) in [6, 6.07) is 1.37. The summed E-state index contributed by atoms with van der Waals surface area (Å²) in [6.45, 7) is 10.3. The van der Waals surface area contributed by atoms with Gasteiger partial charge in [-0.25, -0.2) is 0 Å². The number of nitrogens with one attached hydrogen (secondary N) is 1. The maximum absolute atomic E-state index is 3.71. The van der Waals surface area contributed by atoms with Crippen molar-refractivity contribution in [1.29, 1.82) is 0 Å². The Morgan fingerprint density at radius 2 is 1.38 bits per heavy atom. The van der Waals surface area contributed by atoms with Crippen LogP contribution in [0.25, 0.3) is 0 Å². The molecule has 0 amide bonds. The Balaban J connectivity index is 4.22. The Bertz CT molecular complexity index is 149. The fraction of sp³-hybridized carbons (Fsp3) is 1.00. The molecule has 0 fully saturated rings. The molecule has 98 valence electrons. The third kappa shape index (κ3) is 5.31. The van der Waals surface area contributed by atoms with E-state index in [1.165, 1.54) is 25.7 Å². The summed E-state index contributed by atoms with van der Waals surface area (Å²) in [7, 11) is 4.41. The van der Waals surface area contributed by atoms with Crippen LogP contribution >= 0.6 is 0 Å². The van der Waals surface area contributed by atoms with Gasteiger partial charge in [0.15, 0.2) is 0 Å². The van der Waals surface area contributed by atoms with E-state index in [1.807, 2.05) is 0 Å². The van der Waals surface area contributed by atoms with Crippen LogP contribution in [-0.4, -0.2) is 37.6 Å². The summed E-state index contributed by atoms with van der Waals surface area (Å²) in [5.41, 5.74) is 0. The molecule has 0 aromatic heterocycles. The van der Waals surface area contributed by atoms with E-state index in [0.29, 0.717) is 12.1 Å². The Morgan fingerprint density at radius 3 is 1.69 bits per heavy atom. The van der Waals surface area contributed by atoms with Crippen LogP contribution in [0, 0.1) is 5.92 Å². The molecule has 0 heterocycles. The van der Waals surface area contributed by atoms with Crippen molar-refractivity contribution in [3.63, 3.8) is 0 Å². The standard InChI is InChI=1S/C14H32N2/c1-7-12(8-2)14(16(5)6)11-15-13(9-3)10-4/h12-15H,7-11H2,1-6H3. The van der Waals surface area contributed by atoms with Crippen LogP contribution in [0.15, 0.2) is 0 Å². The van der Waals surface area contributed by atoms with Gasteiger partial charge in [-0.1, -0.05) is 40.5 Å². The van der Waals surface area contributed by atoms with Crippen LogP contribution in [0.5, 0.6) is 0 Å². The van der Waals surface area contributed by atoms with Gasteiger partial charge in [0.1, 0.15) is 0 Å². The minimum atomic E-state index is 0.676. The first-order valence-electron chi connectivity index (χ1n) is 7.00. The molecular weight excluding hydrogens is 196 g/mol. The lowest BCUT2D eigenvalue weighted by atomic mass is 9.93. The molecule has 0 bridgehead atoms. The monoisotopic (exact) mass is 228 g/mol. The second-order valence-corrected chi connectivity index (χ2v) is 5.03. The molecular formula is C14H32N2. The first kappa shape index (κ1) is 15.9. The van der Waals surface area contributed by atoms with Crippen molar-refractivity contribution in [2.75, 3.05) is 20.6 Å². The number of hydrogen-bond acceptors (Lipinski definition) is 2. The van der Waals surface area contributed by atoms with E-state index >= 15 is 0 Å². The van der Waals surface area contributed by atoms with Gasteiger partial charge in [0.2, 0.25) is 0 Å². The predicted octanol–water partition coefficient (Wildman–Crippen LogP) is 3.13. The van der Waals surface area contributed by atoms with Crippen LogP contribution < -0.4 is 5.32 Å². The summed E-state index contributed by atoms with van der Waals surface area (Å²) in [5.74, 6) is 0.817. The van der Waals surface area contributed by atoms with Crippen molar-refractivity contribution in [1.82, 2.24) is 10.2 Å². The highest BCUT2D eigenvalue weighted by atomic mass is 15.1. The van der Waals surface area contributed by atoms with E-state index in [0.717, 1.165) is 12.5 Å². The zero-order valence-electron chi connectivity index (χ0n) is 12.2. The molecule has 0 aromatic rings. The largest absolute Gasteiger partial charge is 0.312 e. The third-order valence-electron chi connectivity index (χ3n) is 3.86. The van der Waals surface area contributed by atoms with E-state index < -0.39 is 0 Å². The first-order valence-corrected chi connectivity index (χ1v) is 7.00. The Kier molecular flexibility index (Phi) is 8.96. The molecule has 0 spiro atoms. The van der Waals surface area contributed by atoms with Gasteiger partial charge in [-0.3, -0.25) is 0 Å². The molecule has 0 saturated heterocycles. The van der Waals surface area contributed by atoms with E-state index in [9.17, 15) is 0 Å². The van der Waals surface area contributed by atoms with Crippen LogP contribution in [0.4, 0.5) is 0 Å². The Hall–Kier alpha value is -0.0800. The zero-order chi connectivity index (χ0) is 12.6. The summed E-state index contributed by atoms with van der Waals surface area (Å²) in [6.07, 6.45) is 5.03. The Labute approximate surface area is 103 Å². The molecule has 0 aliphatic rings. The van der Waals surface area contributed by atoms with Crippen LogP contribution in [0.2, 0.25) is 0 Å². The molecule has 0 rings (SSSR count). The van der Waals surface area contributed by atoms with Crippen molar-refractivity contribution in [3.05, 3.63) is 0 Å². The van der Waals surface area contributed by atoms with Gasteiger partial charge < -0.3 is 10.2 Å². The van der Waals surface area contributed by atoms with E-state index in [2.05, 4.69) is 52.0 Å². The number of rotatable bonds is 9. The van der Waals surface area contributed by atoms with Crippen molar-refractivity contribution in [2.24, 2.45) is 5.92 Å². The minimum absolute atomic E-state index is 0.676. The molecule has 1 unspecified atom stereocenters. The number of hydrogen-bond donors (Lipinski definition) is 1. The second-order valence-electron chi connectivity index (χ2n) is 5.03. The predicted molar refractivity (Wildman–Crippen MR) is 73.9 cm³/mol. The molecule has 0 aliphatic heterocycles. The lowest BCUT2D eigenvalue weighted by Gasteiger charge is -2.33. The van der Waals surface area contributed by atoms with Crippen molar-refractivity contribution in [2.45, 2.75) is 65.5 Å². The van der Waals surface area contributed by atoms with Crippen molar-refractivity contribution < 1.29 is 0 Å². The highest BCUT2D eigenvalue weighted by Crippen LogP contribution is 2.16. The number of likely N-dealkylation sites (N-methyl/N-ethyl adjacent to an activating group) is 1. The molecule has 16 heavy (non-hydrogen) atoms. The second kappa shape index (κ2) is 9.00. The van der Waals surface area contributed by atoms with E-state index in [-0.39, 0.29) is 0 Å². The van der Waals surface area contributed by atoms with Crippen LogP contribution in [-0.2, 0) is 0 Å². The molecule has 1 N–H and O–H groups in total. The maximum atomic E-state index is 3.71. The van der Waals surface area contributed by atoms with Crippen molar-refractivity contribution in [3.8, 4) is 0 Å². The normalized spacial score (nSPS) is 14.1. The average molecular weight is 228 g/mol. The quantitative estimate of drug-likeness (QED) is 0.652. The highest BCUT2D eigenvalue weighted by molar-refractivity contribution is 4.78. The van der Waals surface area contributed by atoms with Gasteiger partial charge in [0, 0.05) is 18.6 Å². The molecule has 0 radical (unpaired) electrons. The summed E-state index contributed by atoms with van der Waals surface area (Å²) in [4.78, 5) is 2.38. The highest BCUT2D eigenvalue weighted by Gasteiger charge is 2.20. The molecule has 2 heteroatoms. The van der Waals surface area contributed by atoms with E-state index in [1.54, 1.807) is 0 Å². The van der Waals surface area contributed by atoms with Gasteiger partial charge in [0.05, 0.1) is 0 Å².